The summed E-state index contributed by atoms with van der Waals surface area (Å²) in [6, 6.07) is 0.0335. The smallest absolute Gasteiger partial charge is 0.214 e. The van der Waals surface area contributed by atoms with Crippen molar-refractivity contribution in [2.75, 3.05) is 12.3 Å². The third-order valence-electron chi connectivity index (χ3n) is 5.08. The second kappa shape index (κ2) is 7.42. The summed E-state index contributed by atoms with van der Waals surface area (Å²) >= 11 is 0. The van der Waals surface area contributed by atoms with Crippen molar-refractivity contribution < 1.29 is 13.5 Å². The quantitative estimate of drug-likeness (QED) is 0.848. The van der Waals surface area contributed by atoms with Gasteiger partial charge in [-0.3, -0.25) is 0 Å². The van der Waals surface area contributed by atoms with E-state index in [1.54, 1.807) is 4.31 Å². The lowest BCUT2D eigenvalue weighted by atomic mass is 9.79. The van der Waals surface area contributed by atoms with E-state index in [1.807, 2.05) is 0 Å². The molecule has 5 heteroatoms. The van der Waals surface area contributed by atoms with Gasteiger partial charge in [-0.1, -0.05) is 33.1 Å². The first kappa shape index (κ1) is 17.2. The monoisotopic (exact) mass is 317 g/mol. The van der Waals surface area contributed by atoms with E-state index in [9.17, 15) is 13.5 Å². The third-order valence-corrected chi connectivity index (χ3v) is 7.00. The van der Waals surface area contributed by atoms with Crippen LogP contribution in [0.2, 0.25) is 0 Å². The van der Waals surface area contributed by atoms with Crippen LogP contribution >= 0.6 is 0 Å². The molecule has 3 atom stereocenters. The highest BCUT2D eigenvalue weighted by Gasteiger charge is 2.40. The van der Waals surface area contributed by atoms with E-state index in [4.69, 9.17) is 0 Å². The van der Waals surface area contributed by atoms with Crippen LogP contribution in [0.15, 0.2) is 0 Å². The van der Waals surface area contributed by atoms with Crippen molar-refractivity contribution >= 4 is 10.0 Å². The van der Waals surface area contributed by atoms with Gasteiger partial charge in [-0.05, 0) is 38.0 Å². The SMILES string of the molecule is CC(C)CCS(=O)(=O)N1CCCCC1C1CCCCC1O. The number of aliphatic hydroxyl groups excluding tert-OH is 1. The van der Waals surface area contributed by atoms with Gasteiger partial charge >= 0.3 is 0 Å². The Morgan fingerprint density at radius 1 is 1.10 bits per heavy atom. The zero-order valence-electron chi connectivity index (χ0n) is 13.5. The van der Waals surface area contributed by atoms with Crippen molar-refractivity contribution in [3.8, 4) is 0 Å². The second-order valence-electron chi connectivity index (χ2n) is 7.19. The van der Waals surface area contributed by atoms with E-state index < -0.39 is 10.0 Å². The van der Waals surface area contributed by atoms with E-state index in [0.29, 0.717) is 12.5 Å². The number of rotatable bonds is 5. The molecule has 1 saturated heterocycles. The van der Waals surface area contributed by atoms with Gasteiger partial charge in [0.15, 0.2) is 0 Å². The molecule has 0 amide bonds. The Hall–Kier alpha value is -0.130. The Bertz CT molecular complexity index is 421. The van der Waals surface area contributed by atoms with E-state index >= 15 is 0 Å². The highest BCUT2D eigenvalue weighted by molar-refractivity contribution is 7.89. The molecule has 1 aliphatic heterocycles. The Morgan fingerprint density at radius 3 is 2.43 bits per heavy atom. The van der Waals surface area contributed by atoms with Crippen molar-refractivity contribution in [3.63, 3.8) is 0 Å². The van der Waals surface area contributed by atoms with Crippen molar-refractivity contribution in [1.82, 2.24) is 4.31 Å². The summed E-state index contributed by atoms with van der Waals surface area (Å²) in [5.74, 6) is 0.806. The van der Waals surface area contributed by atoms with Gasteiger partial charge in [-0.15, -0.1) is 0 Å². The molecule has 4 nitrogen and oxygen atoms in total. The minimum Gasteiger partial charge on any atom is -0.393 e. The lowest BCUT2D eigenvalue weighted by Gasteiger charge is -2.42. The van der Waals surface area contributed by atoms with Crippen LogP contribution in [0.25, 0.3) is 0 Å². The zero-order valence-corrected chi connectivity index (χ0v) is 14.3. The molecule has 0 bridgehead atoms. The molecule has 0 radical (unpaired) electrons. The van der Waals surface area contributed by atoms with Crippen LogP contribution in [0.1, 0.15) is 65.2 Å². The fourth-order valence-corrected chi connectivity index (χ4v) is 5.88. The van der Waals surface area contributed by atoms with Crippen molar-refractivity contribution in [2.45, 2.75) is 77.4 Å². The maximum atomic E-state index is 12.7. The van der Waals surface area contributed by atoms with Crippen LogP contribution in [0.3, 0.4) is 0 Å². The first-order valence-electron chi connectivity index (χ1n) is 8.59. The van der Waals surface area contributed by atoms with Gasteiger partial charge in [0.25, 0.3) is 0 Å². The van der Waals surface area contributed by atoms with Crippen LogP contribution in [0.5, 0.6) is 0 Å². The minimum atomic E-state index is -3.18. The van der Waals surface area contributed by atoms with Crippen LogP contribution in [-0.2, 0) is 10.0 Å². The molecule has 0 aromatic carbocycles. The van der Waals surface area contributed by atoms with Gasteiger partial charge in [0.05, 0.1) is 11.9 Å². The molecule has 1 saturated carbocycles. The predicted octanol–water partition coefficient (Wildman–Crippen LogP) is 2.77. The molecule has 0 aromatic heterocycles. The summed E-state index contributed by atoms with van der Waals surface area (Å²) in [6.45, 7) is 4.77. The Balaban J connectivity index is 2.10. The first-order chi connectivity index (χ1) is 9.92. The number of hydrogen-bond acceptors (Lipinski definition) is 3. The minimum absolute atomic E-state index is 0.0335. The standard InChI is InChI=1S/C16H31NO3S/c1-13(2)10-12-21(19,20)17-11-6-5-8-15(17)14-7-3-4-9-16(14)18/h13-16,18H,3-12H2,1-2H3. The van der Waals surface area contributed by atoms with Crippen LogP contribution in [-0.4, -0.2) is 42.3 Å². The molecule has 1 N–H and O–H groups in total. The number of aliphatic hydroxyl groups is 1. The van der Waals surface area contributed by atoms with Gasteiger partial charge in [0.1, 0.15) is 0 Å². The van der Waals surface area contributed by atoms with Gasteiger partial charge in [-0.25, -0.2) is 8.42 Å². The second-order valence-corrected chi connectivity index (χ2v) is 9.23. The maximum Gasteiger partial charge on any atom is 0.214 e. The molecule has 0 aromatic rings. The maximum absolute atomic E-state index is 12.7. The molecule has 2 rings (SSSR count). The van der Waals surface area contributed by atoms with Crippen LogP contribution < -0.4 is 0 Å². The average Bonchev–Trinajstić information content (AvgIpc) is 2.46. The average molecular weight is 317 g/mol. The highest BCUT2D eigenvalue weighted by Crippen LogP contribution is 2.35. The first-order valence-corrected chi connectivity index (χ1v) is 10.2. The van der Waals surface area contributed by atoms with Crippen molar-refractivity contribution in [3.05, 3.63) is 0 Å². The molecule has 0 spiro atoms. The lowest BCUT2D eigenvalue weighted by Crippen LogP contribution is -2.51. The Kier molecular flexibility index (Phi) is 6.09. The van der Waals surface area contributed by atoms with Gasteiger partial charge in [-0.2, -0.15) is 4.31 Å². The van der Waals surface area contributed by atoms with E-state index in [-0.39, 0.29) is 23.8 Å². The van der Waals surface area contributed by atoms with Crippen LogP contribution in [0, 0.1) is 11.8 Å². The molecular formula is C16H31NO3S. The molecule has 21 heavy (non-hydrogen) atoms. The summed E-state index contributed by atoms with van der Waals surface area (Å²) in [5.41, 5.74) is 0. The summed E-state index contributed by atoms with van der Waals surface area (Å²) in [6.07, 6.45) is 7.38. The lowest BCUT2D eigenvalue weighted by molar-refractivity contribution is 0.0204. The van der Waals surface area contributed by atoms with Crippen molar-refractivity contribution in [1.29, 1.82) is 0 Å². The van der Waals surface area contributed by atoms with E-state index in [2.05, 4.69) is 13.8 Å². The number of hydrogen-bond donors (Lipinski definition) is 1. The molecule has 2 fully saturated rings. The Labute approximate surface area is 130 Å². The largest absolute Gasteiger partial charge is 0.393 e. The van der Waals surface area contributed by atoms with Gasteiger partial charge in [0, 0.05) is 18.5 Å². The molecule has 1 aliphatic carbocycles. The highest BCUT2D eigenvalue weighted by atomic mass is 32.2. The Morgan fingerprint density at radius 2 is 1.76 bits per heavy atom. The normalized spacial score (nSPS) is 32.5. The van der Waals surface area contributed by atoms with Gasteiger partial charge in [0.2, 0.25) is 10.0 Å². The summed E-state index contributed by atoms with van der Waals surface area (Å²) < 4.78 is 27.1. The van der Waals surface area contributed by atoms with Gasteiger partial charge < -0.3 is 5.11 Å². The fraction of sp³-hybridized carbons (Fsp3) is 1.00. The third kappa shape index (κ3) is 4.42. The summed E-state index contributed by atoms with van der Waals surface area (Å²) in [5, 5.41) is 10.3. The fourth-order valence-electron chi connectivity index (χ4n) is 3.79. The number of sulfonamides is 1. The van der Waals surface area contributed by atoms with E-state index in [0.717, 1.165) is 51.4 Å². The van der Waals surface area contributed by atoms with E-state index in [1.165, 1.54) is 0 Å². The van der Waals surface area contributed by atoms with Crippen LogP contribution in [0.4, 0.5) is 0 Å². The molecular weight excluding hydrogens is 286 g/mol. The van der Waals surface area contributed by atoms with Crippen molar-refractivity contribution in [2.24, 2.45) is 11.8 Å². The molecule has 3 unspecified atom stereocenters. The molecule has 124 valence electrons. The molecule has 2 aliphatic rings. The summed E-state index contributed by atoms with van der Waals surface area (Å²) in [7, 11) is -3.18. The predicted molar refractivity (Wildman–Crippen MR) is 85.6 cm³/mol. The topological polar surface area (TPSA) is 57.6 Å². The summed E-state index contributed by atoms with van der Waals surface area (Å²) in [4.78, 5) is 0. The number of nitrogens with zero attached hydrogens (tertiary/aromatic N) is 1. The zero-order chi connectivity index (χ0) is 15.5. The molecule has 1 heterocycles. The number of piperidine rings is 1.